The number of carbonyl (C=O) groups is 2. The lowest BCUT2D eigenvalue weighted by atomic mass is 10.1. The van der Waals surface area contributed by atoms with Gasteiger partial charge in [0.1, 0.15) is 6.04 Å². The Kier molecular flexibility index (Phi) is 6.02. The standard InChI is InChI=1S/C14H20N2O3/c1-2-11(15)9-13(17)16-12(14(18)19)8-10-6-4-3-5-7-10/h3-7,11-12H,2,8-9,15H2,1H3,(H,16,17)(H,18,19). The molecule has 0 aliphatic carbocycles. The van der Waals surface area contributed by atoms with Crippen LogP contribution in [-0.2, 0) is 16.0 Å². The van der Waals surface area contributed by atoms with E-state index in [2.05, 4.69) is 5.32 Å². The van der Waals surface area contributed by atoms with Crippen LogP contribution in [0.2, 0.25) is 0 Å². The van der Waals surface area contributed by atoms with Crippen LogP contribution in [0.5, 0.6) is 0 Å². The molecule has 0 saturated carbocycles. The first-order chi connectivity index (χ1) is 9.02. The molecule has 1 aromatic rings. The molecule has 0 heterocycles. The number of benzene rings is 1. The molecular formula is C14H20N2O3. The predicted molar refractivity (Wildman–Crippen MR) is 72.6 cm³/mol. The van der Waals surface area contributed by atoms with Gasteiger partial charge in [0, 0.05) is 18.9 Å². The molecule has 2 atom stereocenters. The van der Waals surface area contributed by atoms with E-state index in [4.69, 9.17) is 10.8 Å². The smallest absolute Gasteiger partial charge is 0.326 e. The van der Waals surface area contributed by atoms with E-state index in [0.717, 1.165) is 5.56 Å². The maximum atomic E-state index is 11.7. The summed E-state index contributed by atoms with van der Waals surface area (Å²) in [5.41, 5.74) is 6.54. The molecule has 1 aromatic carbocycles. The van der Waals surface area contributed by atoms with Crippen LogP contribution in [0.3, 0.4) is 0 Å². The van der Waals surface area contributed by atoms with E-state index >= 15 is 0 Å². The molecule has 0 aliphatic heterocycles. The monoisotopic (exact) mass is 264 g/mol. The number of hydrogen-bond donors (Lipinski definition) is 3. The van der Waals surface area contributed by atoms with E-state index in [1.54, 1.807) is 0 Å². The Hall–Kier alpha value is -1.88. The summed E-state index contributed by atoms with van der Waals surface area (Å²) in [6.07, 6.45) is 1.10. The third kappa shape index (κ3) is 5.52. The molecule has 0 bridgehead atoms. The van der Waals surface area contributed by atoms with E-state index in [1.165, 1.54) is 0 Å². The second kappa shape index (κ2) is 7.53. The highest BCUT2D eigenvalue weighted by molar-refractivity contribution is 5.84. The molecule has 19 heavy (non-hydrogen) atoms. The van der Waals surface area contributed by atoms with Gasteiger partial charge >= 0.3 is 5.97 Å². The van der Waals surface area contributed by atoms with Crippen molar-refractivity contribution in [2.75, 3.05) is 0 Å². The van der Waals surface area contributed by atoms with Crippen molar-refractivity contribution in [2.45, 2.75) is 38.3 Å². The van der Waals surface area contributed by atoms with Crippen LogP contribution in [0, 0.1) is 0 Å². The molecule has 2 unspecified atom stereocenters. The Bertz CT molecular complexity index is 420. The molecule has 0 aliphatic rings. The maximum absolute atomic E-state index is 11.7. The van der Waals surface area contributed by atoms with Gasteiger partial charge in [0.2, 0.25) is 5.91 Å². The Morgan fingerprint density at radius 3 is 2.47 bits per heavy atom. The van der Waals surface area contributed by atoms with Crippen LogP contribution in [0.25, 0.3) is 0 Å². The van der Waals surface area contributed by atoms with Gasteiger partial charge in [0.25, 0.3) is 0 Å². The molecule has 1 amide bonds. The van der Waals surface area contributed by atoms with Crippen molar-refractivity contribution < 1.29 is 14.7 Å². The van der Waals surface area contributed by atoms with E-state index in [0.29, 0.717) is 6.42 Å². The number of hydrogen-bond acceptors (Lipinski definition) is 3. The average molecular weight is 264 g/mol. The van der Waals surface area contributed by atoms with Crippen molar-refractivity contribution in [3.63, 3.8) is 0 Å². The zero-order valence-electron chi connectivity index (χ0n) is 11.0. The van der Waals surface area contributed by atoms with Gasteiger partial charge < -0.3 is 16.2 Å². The number of aliphatic carboxylic acids is 1. The lowest BCUT2D eigenvalue weighted by Gasteiger charge is -2.16. The van der Waals surface area contributed by atoms with Gasteiger partial charge in [-0.05, 0) is 12.0 Å². The normalized spacial score (nSPS) is 13.6. The summed E-state index contributed by atoms with van der Waals surface area (Å²) in [5, 5.41) is 11.6. The Morgan fingerprint density at radius 2 is 1.95 bits per heavy atom. The van der Waals surface area contributed by atoms with Gasteiger partial charge in [0.15, 0.2) is 0 Å². The van der Waals surface area contributed by atoms with E-state index < -0.39 is 12.0 Å². The van der Waals surface area contributed by atoms with Gasteiger partial charge in [-0.1, -0.05) is 37.3 Å². The molecule has 5 nitrogen and oxygen atoms in total. The summed E-state index contributed by atoms with van der Waals surface area (Å²) in [6, 6.07) is 8.05. The highest BCUT2D eigenvalue weighted by atomic mass is 16.4. The predicted octanol–water partition coefficient (Wildman–Crippen LogP) is 0.926. The minimum atomic E-state index is -1.04. The van der Waals surface area contributed by atoms with Gasteiger partial charge in [-0.3, -0.25) is 4.79 Å². The minimum Gasteiger partial charge on any atom is -0.480 e. The zero-order chi connectivity index (χ0) is 14.3. The van der Waals surface area contributed by atoms with Gasteiger partial charge in [0.05, 0.1) is 0 Å². The van der Waals surface area contributed by atoms with Crippen LogP contribution in [0.1, 0.15) is 25.3 Å². The molecule has 5 heteroatoms. The second-order valence-corrected chi connectivity index (χ2v) is 4.52. The maximum Gasteiger partial charge on any atom is 0.326 e. The number of nitrogens with one attached hydrogen (secondary N) is 1. The van der Waals surface area contributed by atoms with Gasteiger partial charge in [-0.2, -0.15) is 0 Å². The highest BCUT2D eigenvalue weighted by Gasteiger charge is 2.20. The second-order valence-electron chi connectivity index (χ2n) is 4.52. The van der Waals surface area contributed by atoms with Crippen LogP contribution in [0.4, 0.5) is 0 Å². The molecular weight excluding hydrogens is 244 g/mol. The Balaban J connectivity index is 2.59. The molecule has 0 saturated heterocycles. The van der Waals surface area contributed by atoms with Crippen LogP contribution >= 0.6 is 0 Å². The summed E-state index contributed by atoms with van der Waals surface area (Å²) < 4.78 is 0. The van der Waals surface area contributed by atoms with Crippen molar-refractivity contribution >= 4 is 11.9 Å². The topological polar surface area (TPSA) is 92.4 Å². The molecule has 0 aromatic heterocycles. The number of carbonyl (C=O) groups excluding carboxylic acids is 1. The van der Waals surface area contributed by atoms with Crippen molar-refractivity contribution in [2.24, 2.45) is 5.73 Å². The average Bonchev–Trinajstić information content (AvgIpc) is 2.38. The van der Waals surface area contributed by atoms with E-state index in [9.17, 15) is 9.59 Å². The van der Waals surface area contributed by atoms with Gasteiger partial charge in [-0.25, -0.2) is 4.79 Å². The van der Waals surface area contributed by atoms with Gasteiger partial charge in [-0.15, -0.1) is 0 Å². The lowest BCUT2D eigenvalue weighted by Crippen LogP contribution is -2.44. The number of nitrogens with two attached hydrogens (primary N) is 1. The fraction of sp³-hybridized carbons (Fsp3) is 0.429. The van der Waals surface area contributed by atoms with Crippen molar-refractivity contribution in [3.05, 3.63) is 35.9 Å². The van der Waals surface area contributed by atoms with Crippen molar-refractivity contribution in [3.8, 4) is 0 Å². The minimum absolute atomic E-state index is 0.148. The number of rotatable bonds is 7. The third-order valence-corrected chi connectivity index (χ3v) is 2.89. The van der Waals surface area contributed by atoms with Crippen LogP contribution in [0.15, 0.2) is 30.3 Å². The number of carboxylic acids is 1. The third-order valence-electron chi connectivity index (χ3n) is 2.89. The highest BCUT2D eigenvalue weighted by Crippen LogP contribution is 2.04. The molecule has 104 valence electrons. The molecule has 0 fully saturated rings. The zero-order valence-corrected chi connectivity index (χ0v) is 11.0. The summed E-state index contributed by atoms with van der Waals surface area (Å²) in [6.45, 7) is 1.89. The first-order valence-corrected chi connectivity index (χ1v) is 6.34. The number of amides is 1. The number of carboxylic acid groups (broad SMARTS) is 1. The molecule has 0 spiro atoms. The van der Waals surface area contributed by atoms with Crippen LogP contribution < -0.4 is 11.1 Å². The summed E-state index contributed by atoms with van der Waals surface area (Å²) >= 11 is 0. The van der Waals surface area contributed by atoms with E-state index in [1.807, 2.05) is 37.3 Å². The Morgan fingerprint density at radius 1 is 1.32 bits per heavy atom. The first kappa shape index (κ1) is 15.2. The summed E-state index contributed by atoms with van der Waals surface area (Å²) in [7, 11) is 0. The molecule has 1 rings (SSSR count). The lowest BCUT2D eigenvalue weighted by molar-refractivity contribution is -0.141. The Labute approximate surface area is 112 Å². The quantitative estimate of drug-likeness (QED) is 0.683. The largest absolute Gasteiger partial charge is 0.480 e. The van der Waals surface area contributed by atoms with Crippen molar-refractivity contribution in [1.29, 1.82) is 0 Å². The summed E-state index contributed by atoms with van der Waals surface area (Å²) in [4.78, 5) is 22.8. The fourth-order valence-electron chi connectivity index (χ4n) is 1.69. The SMILES string of the molecule is CCC(N)CC(=O)NC(Cc1ccccc1)C(=O)O. The van der Waals surface area contributed by atoms with E-state index in [-0.39, 0.29) is 24.8 Å². The molecule has 0 radical (unpaired) electrons. The first-order valence-electron chi connectivity index (χ1n) is 6.34. The fourth-order valence-corrected chi connectivity index (χ4v) is 1.69. The van der Waals surface area contributed by atoms with Crippen molar-refractivity contribution in [1.82, 2.24) is 5.32 Å². The summed E-state index contributed by atoms with van der Waals surface area (Å²) in [5.74, 6) is -1.36. The van der Waals surface area contributed by atoms with Crippen LogP contribution in [-0.4, -0.2) is 29.1 Å². The molecule has 4 N–H and O–H groups in total.